The van der Waals surface area contributed by atoms with Gasteiger partial charge in [-0.15, -0.1) is 11.3 Å². The van der Waals surface area contributed by atoms with Crippen LogP contribution in [-0.4, -0.2) is 27.8 Å². The van der Waals surface area contributed by atoms with E-state index in [9.17, 15) is 4.79 Å². The molecule has 2 aromatic rings. The maximum atomic E-state index is 11.7. The van der Waals surface area contributed by atoms with Gasteiger partial charge < -0.3 is 0 Å². The smallest absolute Gasteiger partial charge is 0.250 e. The van der Waals surface area contributed by atoms with Crippen molar-refractivity contribution in [3.63, 3.8) is 0 Å². The Morgan fingerprint density at radius 2 is 2.10 bits per heavy atom. The van der Waals surface area contributed by atoms with Gasteiger partial charge in [-0.1, -0.05) is 11.8 Å². The number of aromatic nitrogens is 2. The van der Waals surface area contributed by atoms with Crippen LogP contribution in [0.4, 0.5) is 0 Å². The molecule has 0 fully saturated rings. The lowest BCUT2D eigenvalue weighted by Gasteiger charge is -2.02. The van der Waals surface area contributed by atoms with Crippen molar-refractivity contribution in [1.82, 2.24) is 15.4 Å². The van der Waals surface area contributed by atoms with E-state index in [1.165, 1.54) is 11.8 Å². The quantitative estimate of drug-likeness (QED) is 0.398. The van der Waals surface area contributed by atoms with Crippen molar-refractivity contribution in [3.8, 4) is 0 Å². The lowest BCUT2D eigenvalue weighted by atomic mass is 10.3. The Morgan fingerprint density at radius 3 is 2.71 bits per heavy atom. The molecule has 0 aliphatic rings. The minimum atomic E-state index is -0.173. The molecule has 0 aliphatic heterocycles. The molecule has 1 amide bonds. The van der Waals surface area contributed by atoms with Crippen LogP contribution in [-0.2, 0) is 4.79 Å². The van der Waals surface area contributed by atoms with E-state index in [0.29, 0.717) is 5.16 Å². The van der Waals surface area contributed by atoms with Gasteiger partial charge in [-0.25, -0.2) is 15.4 Å². The third-order valence-electron chi connectivity index (χ3n) is 2.57. The zero-order chi connectivity index (χ0) is 15.2. The van der Waals surface area contributed by atoms with Crippen LogP contribution in [0, 0.1) is 20.8 Å². The summed E-state index contributed by atoms with van der Waals surface area (Å²) in [6.07, 6.45) is 1.66. The number of amides is 1. The van der Waals surface area contributed by atoms with Crippen LogP contribution in [0.2, 0.25) is 0 Å². The van der Waals surface area contributed by atoms with Gasteiger partial charge >= 0.3 is 0 Å². The summed E-state index contributed by atoms with van der Waals surface area (Å²) < 4.78 is 0. The van der Waals surface area contributed by atoms with Crippen molar-refractivity contribution in [2.45, 2.75) is 25.9 Å². The van der Waals surface area contributed by atoms with Crippen LogP contribution < -0.4 is 5.43 Å². The summed E-state index contributed by atoms with van der Waals surface area (Å²) in [6.45, 7) is 5.83. The minimum Gasteiger partial charge on any atom is -0.272 e. The highest BCUT2D eigenvalue weighted by Crippen LogP contribution is 2.14. The number of rotatable bonds is 5. The first-order valence-corrected chi connectivity index (χ1v) is 8.22. The zero-order valence-corrected chi connectivity index (χ0v) is 13.7. The molecule has 2 aromatic heterocycles. The number of nitrogens with one attached hydrogen (secondary N) is 1. The Balaban J connectivity index is 1.82. The van der Waals surface area contributed by atoms with Crippen molar-refractivity contribution >= 4 is 35.2 Å². The fourth-order valence-corrected chi connectivity index (χ4v) is 3.13. The number of hydrogen-bond acceptors (Lipinski definition) is 6. The van der Waals surface area contributed by atoms with Gasteiger partial charge in [0.25, 0.3) is 5.91 Å². The molecule has 5 nitrogen and oxygen atoms in total. The second-order valence-electron chi connectivity index (χ2n) is 4.48. The third-order valence-corrected chi connectivity index (χ3v) is 4.37. The molecule has 2 rings (SSSR count). The first-order chi connectivity index (χ1) is 10.0. The van der Waals surface area contributed by atoms with Gasteiger partial charge in [0.1, 0.15) is 0 Å². The highest BCUT2D eigenvalue weighted by atomic mass is 32.2. The summed E-state index contributed by atoms with van der Waals surface area (Å²) in [7, 11) is 0. The molecule has 0 aliphatic carbocycles. The molecule has 7 heteroatoms. The maximum Gasteiger partial charge on any atom is 0.250 e. The SMILES string of the molecule is Cc1cc(C)nc(SCC(=O)N/N=C/c2sccc2C)n1. The van der Waals surface area contributed by atoms with Crippen LogP contribution in [0.1, 0.15) is 21.8 Å². The highest BCUT2D eigenvalue weighted by Gasteiger charge is 2.05. The molecular formula is C14H16N4OS2. The summed E-state index contributed by atoms with van der Waals surface area (Å²) in [6, 6.07) is 3.92. The van der Waals surface area contributed by atoms with Gasteiger partial charge in [0.15, 0.2) is 5.16 Å². The molecule has 0 spiro atoms. The van der Waals surface area contributed by atoms with E-state index in [4.69, 9.17) is 0 Å². The van der Waals surface area contributed by atoms with Crippen LogP contribution in [0.5, 0.6) is 0 Å². The van der Waals surface area contributed by atoms with Gasteiger partial charge in [-0.05, 0) is 43.8 Å². The van der Waals surface area contributed by atoms with Gasteiger partial charge in [0.2, 0.25) is 0 Å². The second-order valence-corrected chi connectivity index (χ2v) is 6.37. The van der Waals surface area contributed by atoms with Gasteiger partial charge in [0, 0.05) is 16.3 Å². The first kappa shape index (κ1) is 15.7. The Kier molecular flexibility index (Phi) is 5.46. The lowest BCUT2D eigenvalue weighted by Crippen LogP contribution is -2.19. The number of hydrogen-bond donors (Lipinski definition) is 1. The molecule has 21 heavy (non-hydrogen) atoms. The number of thiophene rings is 1. The average molecular weight is 320 g/mol. The molecule has 0 atom stereocenters. The minimum absolute atomic E-state index is 0.173. The summed E-state index contributed by atoms with van der Waals surface area (Å²) in [5.41, 5.74) is 5.46. The standard InChI is InChI=1S/C14H16N4OS2/c1-9-4-5-20-12(9)7-15-18-13(19)8-21-14-16-10(2)6-11(3)17-14/h4-7H,8H2,1-3H3,(H,18,19)/b15-7+. The van der Waals surface area contributed by atoms with E-state index in [2.05, 4.69) is 20.5 Å². The highest BCUT2D eigenvalue weighted by molar-refractivity contribution is 7.99. The molecule has 2 heterocycles. The lowest BCUT2D eigenvalue weighted by molar-refractivity contribution is -0.118. The molecule has 0 unspecified atom stereocenters. The number of hydrazone groups is 1. The van der Waals surface area contributed by atoms with E-state index in [0.717, 1.165) is 21.8 Å². The molecule has 110 valence electrons. The van der Waals surface area contributed by atoms with E-state index in [1.54, 1.807) is 17.6 Å². The summed E-state index contributed by atoms with van der Waals surface area (Å²) >= 11 is 2.89. The number of aryl methyl sites for hydroxylation is 3. The Hall–Kier alpha value is -1.73. The second kappa shape index (κ2) is 7.33. The summed E-state index contributed by atoms with van der Waals surface area (Å²) in [5, 5.41) is 6.56. The Bertz CT molecular complexity index is 646. The van der Waals surface area contributed by atoms with E-state index < -0.39 is 0 Å². The van der Waals surface area contributed by atoms with Crippen LogP contribution >= 0.6 is 23.1 Å². The fraction of sp³-hybridized carbons (Fsp3) is 0.286. The average Bonchev–Trinajstić information content (AvgIpc) is 2.81. The van der Waals surface area contributed by atoms with Crippen molar-refractivity contribution in [1.29, 1.82) is 0 Å². The van der Waals surface area contributed by atoms with E-state index in [1.807, 2.05) is 38.3 Å². The number of thioether (sulfide) groups is 1. The molecule has 1 N–H and O–H groups in total. The molecule has 0 radical (unpaired) electrons. The first-order valence-electron chi connectivity index (χ1n) is 6.35. The predicted octanol–water partition coefficient (Wildman–Crippen LogP) is 2.71. The van der Waals surface area contributed by atoms with Gasteiger partial charge in [0.05, 0.1) is 12.0 Å². The number of carbonyl (C=O) groups excluding carboxylic acids is 1. The molecule has 0 bridgehead atoms. The summed E-state index contributed by atoms with van der Waals surface area (Å²) in [4.78, 5) is 21.3. The van der Waals surface area contributed by atoms with Gasteiger partial charge in [-0.2, -0.15) is 5.10 Å². The number of carbonyl (C=O) groups is 1. The normalized spacial score (nSPS) is 11.0. The van der Waals surface area contributed by atoms with Crippen molar-refractivity contribution in [2.75, 3.05) is 5.75 Å². The monoisotopic (exact) mass is 320 g/mol. The Labute approximate surface area is 131 Å². The van der Waals surface area contributed by atoms with Crippen LogP contribution in [0.15, 0.2) is 27.8 Å². The molecule has 0 saturated heterocycles. The largest absolute Gasteiger partial charge is 0.272 e. The third kappa shape index (κ3) is 4.95. The van der Waals surface area contributed by atoms with Crippen molar-refractivity contribution < 1.29 is 4.79 Å². The maximum absolute atomic E-state index is 11.7. The number of nitrogens with zero attached hydrogens (tertiary/aromatic N) is 3. The van der Waals surface area contributed by atoms with Crippen molar-refractivity contribution in [3.05, 3.63) is 39.3 Å². The van der Waals surface area contributed by atoms with Crippen molar-refractivity contribution in [2.24, 2.45) is 5.10 Å². The molecule has 0 saturated carbocycles. The molecular weight excluding hydrogens is 304 g/mol. The van der Waals surface area contributed by atoms with E-state index >= 15 is 0 Å². The van der Waals surface area contributed by atoms with Crippen LogP contribution in [0.3, 0.4) is 0 Å². The van der Waals surface area contributed by atoms with Crippen LogP contribution in [0.25, 0.3) is 0 Å². The van der Waals surface area contributed by atoms with E-state index in [-0.39, 0.29) is 11.7 Å². The zero-order valence-electron chi connectivity index (χ0n) is 12.1. The fourth-order valence-electron chi connectivity index (χ4n) is 1.60. The topological polar surface area (TPSA) is 67.2 Å². The predicted molar refractivity (Wildman–Crippen MR) is 87.0 cm³/mol. The summed E-state index contributed by atoms with van der Waals surface area (Å²) in [5.74, 6) is 0.0668. The molecule has 0 aromatic carbocycles. The van der Waals surface area contributed by atoms with Gasteiger partial charge in [-0.3, -0.25) is 4.79 Å². The Morgan fingerprint density at radius 1 is 1.38 bits per heavy atom.